The van der Waals surface area contributed by atoms with Gasteiger partial charge in [-0.15, -0.1) is 12.4 Å². The molecular formula is C16H25ClN2O. The van der Waals surface area contributed by atoms with Gasteiger partial charge in [-0.1, -0.05) is 36.8 Å². The molecule has 0 bridgehead atoms. The van der Waals surface area contributed by atoms with Gasteiger partial charge in [-0.05, 0) is 44.3 Å². The van der Waals surface area contributed by atoms with Crippen molar-refractivity contribution in [3.05, 3.63) is 35.4 Å². The predicted molar refractivity (Wildman–Crippen MR) is 85.3 cm³/mol. The van der Waals surface area contributed by atoms with Crippen LogP contribution >= 0.6 is 12.4 Å². The van der Waals surface area contributed by atoms with Crippen LogP contribution in [-0.2, 0) is 11.2 Å². The summed E-state index contributed by atoms with van der Waals surface area (Å²) in [5.74, 6) is 0.705. The summed E-state index contributed by atoms with van der Waals surface area (Å²) >= 11 is 0. The smallest absolute Gasteiger partial charge is 0.220 e. The van der Waals surface area contributed by atoms with E-state index in [-0.39, 0.29) is 18.3 Å². The van der Waals surface area contributed by atoms with Crippen molar-refractivity contribution in [3.8, 4) is 0 Å². The van der Waals surface area contributed by atoms with E-state index >= 15 is 0 Å². The fourth-order valence-corrected chi connectivity index (χ4v) is 2.63. The maximum absolute atomic E-state index is 12.0. The minimum Gasteiger partial charge on any atom is -0.353 e. The van der Waals surface area contributed by atoms with E-state index in [1.54, 1.807) is 0 Å². The molecule has 20 heavy (non-hydrogen) atoms. The largest absolute Gasteiger partial charge is 0.353 e. The third-order valence-electron chi connectivity index (χ3n) is 3.85. The van der Waals surface area contributed by atoms with Crippen molar-refractivity contribution < 1.29 is 4.79 Å². The monoisotopic (exact) mass is 296 g/mol. The van der Waals surface area contributed by atoms with Gasteiger partial charge in [-0.3, -0.25) is 4.79 Å². The summed E-state index contributed by atoms with van der Waals surface area (Å²) in [6.07, 6.45) is 2.45. The van der Waals surface area contributed by atoms with E-state index in [2.05, 4.69) is 48.7 Å². The van der Waals surface area contributed by atoms with Crippen molar-refractivity contribution in [2.24, 2.45) is 5.92 Å². The molecule has 3 nitrogen and oxygen atoms in total. The van der Waals surface area contributed by atoms with Crippen LogP contribution in [-0.4, -0.2) is 25.0 Å². The van der Waals surface area contributed by atoms with Crippen molar-refractivity contribution >= 4 is 18.3 Å². The lowest BCUT2D eigenvalue weighted by molar-refractivity contribution is -0.122. The van der Waals surface area contributed by atoms with Crippen LogP contribution in [0.2, 0.25) is 0 Å². The lowest BCUT2D eigenvalue weighted by Gasteiger charge is -2.30. The van der Waals surface area contributed by atoms with Crippen LogP contribution in [0.25, 0.3) is 0 Å². The maximum Gasteiger partial charge on any atom is 0.220 e. The number of hydrogen-bond acceptors (Lipinski definition) is 2. The number of aryl methyl sites for hydroxylation is 2. The average Bonchev–Trinajstić information content (AvgIpc) is 2.39. The highest BCUT2D eigenvalue weighted by Crippen LogP contribution is 2.11. The molecule has 2 atom stereocenters. The Hall–Kier alpha value is -1.06. The highest BCUT2D eigenvalue weighted by molar-refractivity contribution is 5.85. The van der Waals surface area contributed by atoms with Gasteiger partial charge in [0.15, 0.2) is 0 Å². The van der Waals surface area contributed by atoms with Gasteiger partial charge in [0, 0.05) is 12.5 Å². The Morgan fingerprint density at radius 1 is 1.45 bits per heavy atom. The van der Waals surface area contributed by atoms with E-state index in [1.165, 1.54) is 11.1 Å². The SMILES string of the molecule is Cc1cccc(CCC(=O)NC2CCNCC2C)c1.Cl. The molecule has 0 aliphatic carbocycles. The number of benzene rings is 1. The second-order valence-corrected chi connectivity index (χ2v) is 5.63. The normalized spacial score (nSPS) is 21.9. The van der Waals surface area contributed by atoms with Crippen molar-refractivity contribution in [3.63, 3.8) is 0 Å². The first-order chi connectivity index (χ1) is 9.15. The molecule has 1 aliphatic heterocycles. The van der Waals surface area contributed by atoms with E-state index in [4.69, 9.17) is 0 Å². The molecule has 1 fully saturated rings. The van der Waals surface area contributed by atoms with Crippen LogP contribution in [0.5, 0.6) is 0 Å². The second kappa shape index (κ2) is 8.28. The average molecular weight is 297 g/mol. The van der Waals surface area contributed by atoms with Crippen LogP contribution in [0.1, 0.15) is 30.9 Å². The van der Waals surface area contributed by atoms with Gasteiger partial charge in [-0.2, -0.15) is 0 Å². The molecule has 112 valence electrons. The number of halogens is 1. The predicted octanol–water partition coefficient (Wildman–Crippen LogP) is 2.46. The van der Waals surface area contributed by atoms with Gasteiger partial charge < -0.3 is 10.6 Å². The molecule has 0 spiro atoms. The zero-order valence-corrected chi connectivity index (χ0v) is 13.1. The van der Waals surface area contributed by atoms with Gasteiger partial charge in [0.1, 0.15) is 0 Å². The molecule has 0 saturated carbocycles. The third kappa shape index (κ3) is 5.14. The van der Waals surface area contributed by atoms with Crippen LogP contribution < -0.4 is 10.6 Å². The number of carbonyl (C=O) groups is 1. The van der Waals surface area contributed by atoms with Crippen molar-refractivity contribution in [2.75, 3.05) is 13.1 Å². The van der Waals surface area contributed by atoms with Crippen LogP contribution in [0.15, 0.2) is 24.3 Å². The molecule has 1 aliphatic rings. The molecule has 2 rings (SSSR count). The number of rotatable bonds is 4. The number of hydrogen-bond donors (Lipinski definition) is 2. The van der Waals surface area contributed by atoms with Gasteiger partial charge >= 0.3 is 0 Å². The molecule has 0 aromatic heterocycles. The highest BCUT2D eigenvalue weighted by atomic mass is 35.5. The number of nitrogens with one attached hydrogen (secondary N) is 2. The van der Waals surface area contributed by atoms with E-state index in [0.717, 1.165) is 25.9 Å². The molecule has 2 unspecified atom stereocenters. The van der Waals surface area contributed by atoms with Gasteiger partial charge in [0.25, 0.3) is 0 Å². The third-order valence-corrected chi connectivity index (χ3v) is 3.85. The number of carbonyl (C=O) groups excluding carboxylic acids is 1. The van der Waals surface area contributed by atoms with E-state index < -0.39 is 0 Å². The fraction of sp³-hybridized carbons (Fsp3) is 0.562. The molecule has 4 heteroatoms. The zero-order valence-electron chi connectivity index (χ0n) is 12.3. The molecule has 1 aromatic rings. The zero-order chi connectivity index (χ0) is 13.7. The van der Waals surface area contributed by atoms with Gasteiger partial charge in [0.05, 0.1) is 0 Å². The van der Waals surface area contributed by atoms with Crippen molar-refractivity contribution in [2.45, 2.75) is 39.2 Å². The number of amides is 1. The molecule has 1 heterocycles. The van der Waals surface area contributed by atoms with E-state index in [0.29, 0.717) is 18.4 Å². The summed E-state index contributed by atoms with van der Waals surface area (Å²) in [6, 6.07) is 8.72. The molecule has 2 N–H and O–H groups in total. The summed E-state index contributed by atoms with van der Waals surface area (Å²) in [5.41, 5.74) is 2.50. The first-order valence-corrected chi connectivity index (χ1v) is 7.21. The minimum absolute atomic E-state index is 0. The molecular weight excluding hydrogens is 272 g/mol. The van der Waals surface area contributed by atoms with Crippen LogP contribution in [0.3, 0.4) is 0 Å². The summed E-state index contributed by atoms with van der Waals surface area (Å²) in [7, 11) is 0. The molecule has 1 saturated heterocycles. The Morgan fingerprint density at radius 3 is 2.95 bits per heavy atom. The van der Waals surface area contributed by atoms with Crippen LogP contribution in [0, 0.1) is 12.8 Å². The first-order valence-electron chi connectivity index (χ1n) is 7.21. The van der Waals surface area contributed by atoms with Crippen molar-refractivity contribution in [1.82, 2.24) is 10.6 Å². The van der Waals surface area contributed by atoms with Crippen molar-refractivity contribution in [1.29, 1.82) is 0 Å². The topological polar surface area (TPSA) is 41.1 Å². The lowest BCUT2D eigenvalue weighted by atomic mass is 9.95. The lowest BCUT2D eigenvalue weighted by Crippen LogP contribution is -2.48. The quantitative estimate of drug-likeness (QED) is 0.896. The summed E-state index contributed by atoms with van der Waals surface area (Å²) in [6.45, 7) is 6.29. The molecule has 1 aromatic carbocycles. The molecule has 1 amide bonds. The van der Waals surface area contributed by atoms with Crippen LogP contribution in [0.4, 0.5) is 0 Å². The minimum atomic E-state index is 0. The summed E-state index contributed by atoms with van der Waals surface area (Å²) < 4.78 is 0. The standard InChI is InChI=1S/C16H24N2O.ClH/c1-12-4-3-5-14(10-12)6-7-16(19)18-15-8-9-17-11-13(15)2;/h3-5,10,13,15,17H,6-9,11H2,1-2H3,(H,18,19);1H. The van der Waals surface area contributed by atoms with Gasteiger partial charge in [-0.25, -0.2) is 0 Å². The highest BCUT2D eigenvalue weighted by Gasteiger charge is 2.22. The second-order valence-electron chi connectivity index (χ2n) is 5.63. The number of piperidine rings is 1. The Bertz CT molecular complexity index is 436. The molecule has 0 radical (unpaired) electrons. The van der Waals surface area contributed by atoms with E-state index in [1.807, 2.05) is 0 Å². The Balaban J connectivity index is 0.00000200. The fourth-order valence-electron chi connectivity index (χ4n) is 2.63. The first kappa shape index (κ1) is 17.0. The Morgan fingerprint density at radius 2 is 2.25 bits per heavy atom. The van der Waals surface area contributed by atoms with Gasteiger partial charge in [0.2, 0.25) is 5.91 Å². The summed E-state index contributed by atoms with van der Waals surface area (Å²) in [5, 5.41) is 6.53. The Labute approximate surface area is 127 Å². The summed E-state index contributed by atoms with van der Waals surface area (Å²) in [4.78, 5) is 12.0. The Kier molecular flexibility index (Phi) is 7.03. The maximum atomic E-state index is 12.0. The van der Waals surface area contributed by atoms with E-state index in [9.17, 15) is 4.79 Å².